The number of carbonyl (C=O) groups excluding carboxylic acids is 1. The van der Waals surface area contributed by atoms with Crippen LogP contribution in [0.15, 0.2) is 71.5 Å². The summed E-state index contributed by atoms with van der Waals surface area (Å²) in [5.41, 5.74) is 3.72. The molecule has 4 heterocycles. The Bertz CT molecular complexity index is 1510. The van der Waals surface area contributed by atoms with Gasteiger partial charge in [-0.1, -0.05) is 50.2 Å². The third-order valence-electron chi connectivity index (χ3n) is 7.22. The van der Waals surface area contributed by atoms with Crippen molar-refractivity contribution in [2.24, 2.45) is 12.0 Å². The Balaban J connectivity index is 1.56. The number of para-hydroxylation sites is 1. The van der Waals surface area contributed by atoms with Crippen LogP contribution in [0, 0.1) is 5.82 Å². The highest BCUT2D eigenvalue weighted by molar-refractivity contribution is 6.30. The Labute approximate surface area is 231 Å². The third kappa shape index (κ3) is 4.83. The van der Waals surface area contributed by atoms with Gasteiger partial charge in [0, 0.05) is 38.4 Å². The molecule has 1 N–H and O–H groups in total. The van der Waals surface area contributed by atoms with Gasteiger partial charge in [0.1, 0.15) is 17.1 Å². The molecule has 0 bridgehead atoms. The van der Waals surface area contributed by atoms with Crippen molar-refractivity contribution in [1.29, 1.82) is 0 Å². The minimum Gasteiger partial charge on any atom is -0.494 e. The number of carbonyl (C=O) groups is 1. The number of amidine groups is 1. The van der Waals surface area contributed by atoms with E-state index in [1.807, 2.05) is 32.0 Å². The Morgan fingerprint density at radius 2 is 1.95 bits per heavy atom. The van der Waals surface area contributed by atoms with Gasteiger partial charge in [-0.2, -0.15) is 5.10 Å². The number of nitrogens with zero attached hydrogens (tertiary/aromatic N) is 6. The number of halogens is 2. The number of likely N-dealkylation sites (tertiary alicyclic amines) is 1. The standard InChI is InChI=1S/C29H30ClFN6O2/c1-5-18-8-7-9-19(6-2)26(18)37-27(23-11-12-35(4)34-23)33-17(3)24(29(37)39)28(38)36-13-10-20(16-36)25-22(31)14-21(30)15-32-25/h7-9,11-12,14-15,20,39H,3,5-6,10,13,16H2,1-2,4H3. The van der Waals surface area contributed by atoms with E-state index in [-0.39, 0.29) is 40.3 Å². The summed E-state index contributed by atoms with van der Waals surface area (Å²) >= 11 is 5.87. The van der Waals surface area contributed by atoms with E-state index >= 15 is 0 Å². The summed E-state index contributed by atoms with van der Waals surface area (Å²) in [6, 6.07) is 9.03. The first-order chi connectivity index (χ1) is 18.7. The molecule has 1 fully saturated rings. The second kappa shape index (κ2) is 10.6. The van der Waals surface area contributed by atoms with Crippen LogP contribution in [-0.2, 0) is 24.7 Å². The van der Waals surface area contributed by atoms with Gasteiger partial charge in [-0.3, -0.25) is 19.4 Å². The number of aliphatic hydroxyl groups is 1. The number of anilines is 1. The lowest BCUT2D eigenvalue weighted by molar-refractivity contribution is -0.126. The van der Waals surface area contributed by atoms with Crippen LogP contribution in [0.1, 0.15) is 48.7 Å². The van der Waals surface area contributed by atoms with Crippen LogP contribution in [0.5, 0.6) is 0 Å². The van der Waals surface area contributed by atoms with Gasteiger partial charge in [-0.05, 0) is 42.5 Å². The molecule has 10 heteroatoms. The zero-order chi connectivity index (χ0) is 27.8. The third-order valence-corrected chi connectivity index (χ3v) is 7.43. The van der Waals surface area contributed by atoms with E-state index in [0.717, 1.165) is 16.8 Å². The van der Waals surface area contributed by atoms with E-state index in [1.165, 1.54) is 12.3 Å². The van der Waals surface area contributed by atoms with Gasteiger partial charge in [0.2, 0.25) is 5.88 Å². The molecule has 1 atom stereocenters. The van der Waals surface area contributed by atoms with Crippen LogP contribution in [0.2, 0.25) is 5.02 Å². The average molecular weight is 549 g/mol. The van der Waals surface area contributed by atoms with E-state index in [2.05, 4.69) is 16.7 Å². The fraction of sp³-hybridized carbons (Fsp3) is 0.310. The van der Waals surface area contributed by atoms with E-state index in [0.29, 0.717) is 37.3 Å². The maximum absolute atomic E-state index is 14.6. The average Bonchev–Trinajstić information content (AvgIpc) is 3.57. The summed E-state index contributed by atoms with van der Waals surface area (Å²) in [4.78, 5) is 26.0. The maximum Gasteiger partial charge on any atom is 0.261 e. The SMILES string of the molecule is C=C1N=C(c2ccn(C)n2)N(c2c(CC)cccc2CC)C(O)=C1C(=O)N1CCC(c2ncc(Cl)cc2F)C1. The molecule has 1 unspecified atom stereocenters. The molecular formula is C29H30ClFN6O2. The highest BCUT2D eigenvalue weighted by Crippen LogP contribution is 2.37. The topological polar surface area (TPSA) is 86.8 Å². The van der Waals surface area contributed by atoms with E-state index in [1.54, 1.807) is 33.8 Å². The number of aryl methyl sites for hydroxylation is 3. The predicted molar refractivity (Wildman–Crippen MR) is 149 cm³/mol. The van der Waals surface area contributed by atoms with E-state index < -0.39 is 11.7 Å². The fourth-order valence-corrected chi connectivity index (χ4v) is 5.41. The molecule has 0 aliphatic carbocycles. The number of aliphatic hydroxyl groups excluding tert-OH is 1. The second-order valence-electron chi connectivity index (χ2n) is 9.68. The van der Waals surface area contributed by atoms with Crippen LogP contribution in [0.4, 0.5) is 10.1 Å². The van der Waals surface area contributed by atoms with E-state index in [4.69, 9.17) is 16.6 Å². The van der Waals surface area contributed by atoms with Gasteiger partial charge >= 0.3 is 0 Å². The maximum atomic E-state index is 14.6. The molecule has 0 saturated carbocycles. The first-order valence-electron chi connectivity index (χ1n) is 13.0. The quantitative estimate of drug-likeness (QED) is 0.452. The summed E-state index contributed by atoms with van der Waals surface area (Å²) in [7, 11) is 1.80. The van der Waals surface area contributed by atoms with Crippen LogP contribution in [0.3, 0.4) is 0 Å². The van der Waals surface area contributed by atoms with Crippen molar-refractivity contribution in [3.8, 4) is 0 Å². The van der Waals surface area contributed by atoms with Crippen LogP contribution in [0.25, 0.3) is 0 Å². The first kappa shape index (κ1) is 26.6. The summed E-state index contributed by atoms with van der Waals surface area (Å²) < 4.78 is 16.2. The smallest absolute Gasteiger partial charge is 0.261 e. The zero-order valence-electron chi connectivity index (χ0n) is 22.2. The monoisotopic (exact) mass is 548 g/mol. The van der Waals surface area contributed by atoms with Gasteiger partial charge < -0.3 is 10.0 Å². The molecule has 8 nitrogen and oxygen atoms in total. The van der Waals surface area contributed by atoms with Crippen molar-refractivity contribution < 1.29 is 14.3 Å². The van der Waals surface area contributed by atoms with Crippen molar-refractivity contribution in [3.05, 3.63) is 99.8 Å². The summed E-state index contributed by atoms with van der Waals surface area (Å²) in [6.45, 7) is 8.74. The van der Waals surface area contributed by atoms with Crippen molar-refractivity contribution in [3.63, 3.8) is 0 Å². The van der Waals surface area contributed by atoms with Gasteiger partial charge in [-0.25, -0.2) is 9.38 Å². The Morgan fingerprint density at radius 3 is 2.56 bits per heavy atom. The normalized spacial score (nSPS) is 17.7. The molecule has 2 aromatic heterocycles. The molecule has 0 radical (unpaired) electrons. The van der Waals surface area contributed by atoms with Gasteiger partial charge in [-0.15, -0.1) is 0 Å². The molecule has 2 aliphatic rings. The second-order valence-corrected chi connectivity index (χ2v) is 10.1. The number of benzene rings is 1. The van der Waals surface area contributed by atoms with Crippen LogP contribution in [-0.4, -0.2) is 49.6 Å². The molecule has 1 aromatic carbocycles. The Morgan fingerprint density at radius 1 is 1.23 bits per heavy atom. The molecule has 1 amide bonds. The Hall–Kier alpha value is -3.98. The van der Waals surface area contributed by atoms with Crippen molar-refractivity contribution in [2.75, 3.05) is 18.0 Å². The molecule has 3 aromatic rings. The van der Waals surface area contributed by atoms with Crippen molar-refractivity contribution in [2.45, 2.75) is 39.0 Å². The molecule has 202 valence electrons. The van der Waals surface area contributed by atoms with Crippen molar-refractivity contribution in [1.82, 2.24) is 19.7 Å². The lowest BCUT2D eigenvalue weighted by Gasteiger charge is -2.33. The number of hydrogen-bond acceptors (Lipinski definition) is 6. The predicted octanol–water partition coefficient (Wildman–Crippen LogP) is 5.30. The fourth-order valence-electron chi connectivity index (χ4n) is 5.27. The number of amides is 1. The van der Waals surface area contributed by atoms with Crippen LogP contribution < -0.4 is 4.90 Å². The largest absolute Gasteiger partial charge is 0.494 e. The summed E-state index contributed by atoms with van der Waals surface area (Å²) in [5.74, 6) is -1.07. The van der Waals surface area contributed by atoms with Crippen molar-refractivity contribution >= 4 is 29.0 Å². The van der Waals surface area contributed by atoms with E-state index in [9.17, 15) is 14.3 Å². The number of pyridine rings is 1. The number of aromatic nitrogens is 3. The first-order valence-corrected chi connectivity index (χ1v) is 13.3. The number of aliphatic imine (C=N–C) groups is 1. The zero-order valence-corrected chi connectivity index (χ0v) is 22.9. The molecule has 2 aliphatic heterocycles. The number of hydrogen-bond donors (Lipinski definition) is 1. The van der Waals surface area contributed by atoms with Gasteiger partial charge in [0.05, 0.1) is 22.1 Å². The van der Waals surface area contributed by atoms with Crippen LogP contribution >= 0.6 is 11.6 Å². The number of rotatable bonds is 6. The highest BCUT2D eigenvalue weighted by Gasteiger charge is 2.39. The molecule has 5 rings (SSSR count). The lowest BCUT2D eigenvalue weighted by Crippen LogP contribution is -2.40. The summed E-state index contributed by atoms with van der Waals surface area (Å²) in [6.07, 6.45) is 5.15. The molecular weight excluding hydrogens is 519 g/mol. The van der Waals surface area contributed by atoms with Gasteiger partial charge in [0.25, 0.3) is 5.91 Å². The minimum absolute atomic E-state index is 0.00725. The lowest BCUT2D eigenvalue weighted by atomic mass is 10.00. The summed E-state index contributed by atoms with van der Waals surface area (Å²) in [5, 5.41) is 16.6. The molecule has 39 heavy (non-hydrogen) atoms. The molecule has 0 spiro atoms. The highest BCUT2D eigenvalue weighted by atomic mass is 35.5. The minimum atomic E-state index is -0.495. The Kier molecular flexibility index (Phi) is 7.27. The van der Waals surface area contributed by atoms with Gasteiger partial charge in [0.15, 0.2) is 5.84 Å². The molecule has 1 saturated heterocycles.